The number of carbonyl (C=O) groups is 1. The van der Waals surface area contributed by atoms with Crippen molar-refractivity contribution < 1.29 is 14.3 Å². The van der Waals surface area contributed by atoms with E-state index in [1.807, 2.05) is 0 Å². The van der Waals surface area contributed by atoms with Gasteiger partial charge in [0.05, 0.1) is 6.20 Å². The zero-order valence-corrected chi connectivity index (χ0v) is 10.1. The Balaban J connectivity index is 2.31. The second-order valence-corrected chi connectivity index (χ2v) is 4.08. The zero-order valence-electron chi connectivity index (χ0n) is 9.31. The lowest BCUT2D eigenvalue weighted by Crippen LogP contribution is -2.00. The Morgan fingerprint density at radius 3 is 2.83 bits per heavy atom. The first kappa shape index (κ1) is 12.6. The maximum atomic E-state index is 13.6. The number of nitrogens with zero attached hydrogens (tertiary/aromatic N) is 2. The minimum Gasteiger partial charge on any atom is -0.481 e. The summed E-state index contributed by atoms with van der Waals surface area (Å²) in [5.74, 6) is -1.35. The summed E-state index contributed by atoms with van der Waals surface area (Å²) in [6, 6.07) is 6.11. The van der Waals surface area contributed by atoms with Crippen LogP contribution < -0.4 is 0 Å². The largest absolute Gasteiger partial charge is 0.481 e. The molecule has 1 aromatic heterocycles. The van der Waals surface area contributed by atoms with Crippen LogP contribution in [0.1, 0.15) is 12.0 Å². The number of hydrogen-bond donors (Lipinski definition) is 1. The summed E-state index contributed by atoms with van der Waals surface area (Å²) >= 11 is 6.06. The lowest BCUT2D eigenvalue weighted by molar-refractivity contribution is -0.136. The molecule has 0 saturated carbocycles. The van der Waals surface area contributed by atoms with Crippen LogP contribution in [0, 0.1) is 5.82 Å². The average molecular weight is 269 g/mol. The molecule has 0 radical (unpaired) electrons. The van der Waals surface area contributed by atoms with E-state index in [9.17, 15) is 9.18 Å². The van der Waals surface area contributed by atoms with E-state index in [4.69, 9.17) is 16.7 Å². The lowest BCUT2D eigenvalue weighted by atomic mass is 10.2. The van der Waals surface area contributed by atoms with Gasteiger partial charge in [0.1, 0.15) is 16.7 Å². The van der Waals surface area contributed by atoms with E-state index in [0.717, 1.165) is 0 Å². The van der Waals surface area contributed by atoms with Crippen LogP contribution in [-0.4, -0.2) is 20.9 Å². The Labute approximate surface area is 108 Å². The van der Waals surface area contributed by atoms with E-state index in [-0.39, 0.29) is 23.7 Å². The van der Waals surface area contributed by atoms with Gasteiger partial charge in [0.15, 0.2) is 0 Å². The Morgan fingerprint density at radius 2 is 2.17 bits per heavy atom. The van der Waals surface area contributed by atoms with E-state index < -0.39 is 11.8 Å². The third kappa shape index (κ3) is 2.51. The number of aromatic nitrogens is 2. The van der Waals surface area contributed by atoms with Gasteiger partial charge in [-0.3, -0.25) is 4.79 Å². The summed E-state index contributed by atoms with van der Waals surface area (Å²) in [4.78, 5) is 10.5. The van der Waals surface area contributed by atoms with Crippen LogP contribution in [0.5, 0.6) is 0 Å². The third-order valence-corrected chi connectivity index (χ3v) is 2.87. The molecule has 94 valence electrons. The molecule has 1 heterocycles. The first-order valence-electron chi connectivity index (χ1n) is 5.28. The lowest BCUT2D eigenvalue weighted by Gasteiger charge is -2.04. The molecule has 1 N–H and O–H groups in total. The molecule has 6 heteroatoms. The van der Waals surface area contributed by atoms with Crippen LogP contribution in [0.2, 0.25) is 5.15 Å². The van der Waals surface area contributed by atoms with Crippen molar-refractivity contribution in [2.24, 2.45) is 0 Å². The van der Waals surface area contributed by atoms with Crippen molar-refractivity contribution in [2.75, 3.05) is 0 Å². The molecule has 18 heavy (non-hydrogen) atoms. The number of carboxylic acid groups (broad SMARTS) is 1. The number of rotatable bonds is 4. The minimum absolute atomic E-state index is 0.0390. The first-order valence-corrected chi connectivity index (χ1v) is 5.66. The molecule has 0 aliphatic rings. The van der Waals surface area contributed by atoms with E-state index >= 15 is 0 Å². The van der Waals surface area contributed by atoms with Gasteiger partial charge in [-0.25, -0.2) is 9.07 Å². The summed E-state index contributed by atoms with van der Waals surface area (Å²) in [7, 11) is 0. The minimum atomic E-state index is -0.912. The van der Waals surface area contributed by atoms with Crippen LogP contribution >= 0.6 is 11.6 Å². The van der Waals surface area contributed by atoms with Gasteiger partial charge in [-0.05, 0) is 18.6 Å². The molecule has 0 spiro atoms. The van der Waals surface area contributed by atoms with E-state index in [1.165, 1.54) is 16.9 Å². The van der Waals surface area contributed by atoms with Gasteiger partial charge in [-0.15, -0.1) is 0 Å². The first-order chi connectivity index (χ1) is 8.59. The number of halogens is 2. The van der Waals surface area contributed by atoms with Gasteiger partial charge in [-0.1, -0.05) is 23.7 Å². The summed E-state index contributed by atoms with van der Waals surface area (Å²) in [6.07, 6.45) is 1.68. The van der Waals surface area contributed by atoms with Gasteiger partial charge in [0, 0.05) is 12.0 Å². The van der Waals surface area contributed by atoms with Crippen LogP contribution in [0.4, 0.5) is 4.39 Å². The smallest absolute Gasteiger partial charge is 0.303 e. The number of hydrogen-bond acceptors (Lipinski definition) is 2. The number of para-hydroxylation sites is 1. The molecule has 0 aliphatic heterocycles. The summed E-state index contributed by atoms with van der Waals surface area (Å²) in [5.41, 5.74) is 0.825. The van der Waals surface area contributed by atoms with Gasteiger partial charge in [0.2, 0.25) is 0 Å². The highest BCUT2D eigenvalue weighted by atomic mass is 35.5. The Bertz CT molecular complexity index is 583. The quantitative estimate of drug-likeness (QED) is 0.927. The van der Waals surface area contributed by atoms with E-state index in [1.54, 1.807) is 18.2 Å². The number of aryl methyl sites for hydroxylation is 1. The molecule has 0 fully saturated rings. The highest BCUT2D eigenvalue weighted by molar-refractivity contribution is 6.30. The highest BCUT2D eigenvalue weighted by Crippen LogP contribution is 2.22. The molecule has 0 unspecified atom stereocenters. The standard InChI is InChI=1S/C12H10ClFN2O2/c13-12-8(5-6-11(17)18)7-15-16(12)10-4-2-1-3-9(10)14/h1-4,7H,5-6H2,(H,17,18). The summed E-state index contributed by atoms with van der Waals surface area (Å²) < 4.78 is 14.8. The molecule has 0 bridgehead atoms. The number of benzene rings is 1. The van der Waals surface area contributed by atoms with E-state index in [0.29, 0.717) is 5.56 Å². The molecule has 0 amide bonds. The fourth-order valence-electron chi connectivity index (χ4n) is 1.57. The van der Waals surface area contributed by atoms with Crippen LogP contribution in [0.3, 0.4) is 0 Å². The molecule has 4 nitrogen and oxygen atoms in total. The second-order valence-electron chi connectivity index (χ2n) is 3.72. The number of aliphatic carboxylic acids is 1. The molecule has 0 aliphatic carbocycles. The molecule has 0 atom stereocenters. The van der Waals surface area contributed by atoms with Crippen molar-refractivity contribution in [1.29, 1.82) is 0 Å². The van der Waals surface area contributed by atoms with E-state index in [2.05, 4.69) is 5.10 Å². The molecular weight excluding hydrogens is 259 g/mol. The third-order valence-electron chi connectivity index (χ3n) is 2.47. The second kappa shape index (κ2) is 5.18. The Hall–Kier alpha value is -1.88. The molecule has 2 rings (SSSR count). The fourth-order valence-corrected chi connectivity index (χ4v) is 1.85. The number of carboxylic acids is 1. The van der Waals surface area contributed by atoms with Crippen molar-refractivity contribution in [2.45, 2.75) is 12.8 Å². The van der Waals surface area contributed by atoms with Gasteiger partial charge < -0.3 is 5.11 Å². The SMILES string of the molecule is O=C(O)CCc1cnn(-c2ccccc2F)c1Cl. The zero-order chi connectivity index (χ0) is 13.1. The average Bonchev–Trinajstić information content (AvgIpc) is 2.69. The molecular formula is C12H10ClFN2O2. The van der Waals surface area contributed by atoms with Crippen molar-refractivity contribution in [3.63, 3.8) is 0 Å². The van der Waals surface area contributed by atoms with Crippen LogP contribution in [0.25, 0.3) is 5.69 Å². The molecule has 1 aromatic carbocycles. The van der Waals surface area contributed by atoms with Crippen molar-refractivity contribution in [1.82, 2.24) is 9.78 Å². The van der Waals surface area contributed by atoms with Crippen molar-refractivity contribution in [3.05, 3.63) is 47.0 Å². The normalized spacial score (nSPS) is 10.6. The Morgan fingerprint density at radius 1 is 1.44 bits per heavy atom. The van der Waals surface area contributed by atoms with Gasteiger partial charge in [0.25, 0.3) is 0 Å². The molecule has 0 saturated heterocycles. The maximum Gasteiger partial charge on any atom is 0.303 e. The molecule has 2 aromatic rings. The summed E-state index contributed by atoms with van der Waals surface area (Å²) in [5, 5.41) is 12.8. The maximum absolute atomic E-state index is 13.6. The van der Waals surface area contributed by atoms with Gasteiger partial charge in [-0.2, -0.15) is 5.10 Å². The van der Waals surface area contributed by atoms with Crippen molar-refractivity contribution >= 4 is 17.6 Å². The van der Waals surface area contributed by atoms with Crippen LogP contribution in [0.15, 0.2) is 30.5 Å². The van der Waals surface area contributed by atoms with Crippen molar-refractivity contribution in [3.8, 4) is 5.69 Å². The fraction of sp³-hybridized carbons (Fsp3) is 0.167. The highest BCUT2D eigenvalue weighted by Gasteiger charge is 2.13. The monoisotopic (exact) mass is 268 g/mol. The topological polar surface area (TPSA) is 55.1 Å². The predicted octanol–water partition coefficient (Wildman–Crippen LogP) is 2.68. The Kier molecular flexibility index (Phi) is 3.62. The predicted molar refractivity (Wildman–Crippen MR) is 64.5 cm³/mol. The van der Waals surface area contributed by atoms with Crippen LogP contribution in [-0.2, 0) is 11.2 Å². The summed E-state index contributed by atoms with van der Waals surface area (Å²) in [6.45, 7) is 0. The van der Waals surface area contributed by atoms with Gasteiger partial charge >= 0.3 is 5.97 Å².